The second-order valence-corrected chi connectivity index (χ2v) is 10.0. The first-order chi connectivity index (χ1) is 15.5. The lowest BCUT2D eigenvalue weighted by atomic mass is 10.0. The van der Waals surface area contributed by atoms with Gasteiger partial charge in [0.15, 0.2) is 0 Å². The molecule has 2 aromatic carbocycles. The molecule has 1 aromatic heterocycles. The molecule has 0 spiro atoms. The van der Waals surface area contributed by atoms with E-state index in [1.807, 2.05) is 30.3 Å². The number of benzene rings is 2. The summed E-state index contributed by atoms with van der Waals surface area (Å²) >= 11 is 6.37. The fourth-order valence-electron chi connectivity index (χ4n) is 5.67. The second-order valence-electron chi connectivity index (χ2n) is 9.59. The summed E-state index contributed by atoms with van der Waals surface area (Å²) in [6, 6.07) is 12.7. The average molecular weight is 450 g/mol. The van der Waals surface area contributed by atoms with Crippen molar-refractivity contribution in [2.24, 2.45) is 0 Å². The van der Waals surface area contributed by atoms with Gasteiger partial charge in [0.05, 0.1) is 17.6 Å². The quantitative estimate of drug-likeness (QED) is 0.420. The highest BCUT2D eigenvalue weighted by Crippen LogP contribution is 2.36. The van der Waals surface area contributed by atoms with Crippen LogP contribution in [0.2, 0.25) is 5.02 Å². The summed E-state index contributed by atoms with van der Waals surface area (Å²) in [5, 5.41) is 0.738. The van der Waals surface area contributed by atoms with Gasteiger partial charge in [-0.25, -0.2) is 4.98 Å². The predicted octanol–water partition coefficient (Wildman–Crippen LogP) is 7.01. The van der Waals surface area contributed by atoms with Crippen LogP contribution in [-0.2, 0) is 6.54 Å². The molecule has 2 saturated carbocycles. The summed E-state index contributed by atoms with van der Waals surface area (Å²) in [5.41, 5.74) is 5.14. The van der Waals surface area contributed by atoms with E-state index in [0.29, 0.717) is 12.6 Å². The lowest BCUT2D eigenvalue weighted by molar-refractivity contribution is 0.0654. The third-order valence-electron chi connectivity index (χ3n) is 7.59. The molecular weight excluding hydrogens is 418 g/mol. The van der Waals surface area contributed by atoms with Gasteiger partial charge in [0.1, 0.15) is 5.82 Å². The smallest absolute Gasteiger partial charge is 0.254 e. The van der Waals surface area contributed by atoms with Crippen LogP contribution in [0.15, 0.2) is 36.4 Å². The Labute approximate surface area is 195 Å². The summed E-state index contributed by atoms with van der Waals surface area (Å²) in [6.45, 7) is 4.69. The van der Waals surface area contributed by atoms with Gasteiger partial charge in [-0.05, 0) is 74.9 Å². The number of hydrogen-bond donors (Lipinski definition) is 0. The average Bonchev–Trinajstić information content (AvgIpc) is 3.54. The van der Waals surface area contributed by atoms with Crippen LogP contribution >= 0.6 is 11.6 Å². The molecule has 0 aliphatic heterocycles. The molecule has 0 bridgehead atoms. The number of carbonyl (C=O) groups is 1. The molecule has 5 rings (SSSR count). The lowest BCUT2D eigenvalue weighted by Gasteiger charge is -2.30. The van der Waals surface area contributed by atoms with Crippen molar-refractivity contribution in [3.63, 3.8) is 0 Å². The topological polar surface area (TPSA) is 38.1 Å². The number of imidazole rings is 1. The molecule has 4 nitrogen and oxygen atoms in total. The Kier molecular flexibility index (Phi) is 5.98. The fourth-order valence-corrected chi connectivity index (χ4v) is 5.84. The molecule has 168 valence electrons. The number of halogens is 1. The molecule has 2 fully saturated rings. The van der Waals surface area contributed by atoms with Crippen LogP contribution in [0.4, 0.5) is 0 Å². The van der Waals surface area contributed by atoms with Crippen LogP contribution in [0.3, 0.4) is 0 Å². The van der Waals surface area contributed by atoms with E-state index in [1.165, 1.54) is 38.5 Å². The second kappa shape index (κ2) is 8.90. The van der Waals surface area contributed by atoms with Crippen LogP contribution in [0.5, 0.6) is 0 Å². The van der Waals surface area contributed by atoms with Crippen molar-refractivity contribution < 1.29 is 4.79 Å². The van der Waals surface area contributed by atoms with Gasteiger partial charge in [0, 0.05) is 22.7 Å². The van der Waals surface area contributed by atoms with E-state index in [9.17, 15) is 4.79 Å². The maximum atomic E-state index is 13.9. The SMILES string of the molecule is Cc1cccc(C(=O)N(Cc2nc3ccc(Cl)cc3n2C2CCCC2)C2CCCC2)c1C. The highest BCUT2D eigenvalue weighted by Gasteiger charge is 2.31. The van der Waals surface area contributed by atoms with Crippen molar-refractivity contribution in [1.29, 1.82) is 0 Å². The number of nitrogens with zero attached hydrogens (tertiary/aromatic N) is 3. The van der Waals surface area contributed by atoms with Crippen LogP contribution in [-0.4, -0.2) is 26.4 Å². The minimum Gasteiger partial charge on any atom is -0.328 e. The summed E-state index contributed by atoms with van der Waals surface area (Å²) in [4.78, 5) is 21.0. The highest BCUT2D eigenvalue weighted by atomic mass is 35.5. The van der Waals surface area contributed by atoms with Gasteiger partial charge in [-0.15, -0.1) is 0 Å². The Bertz CT molecular complexity index is 1140. The lowest BCUT2D eigenvalue weighted by Crippen LogP contribution is -2.39. The maximum absolute atomic E-state index is 13.9. The van der Waals surface area contributed by atoms with Crippen molar-refractivity contribution in [1.82, 2.24) is 14.5 Å². The molecule has 5 heteroatoms. The van der Waals surface area contributed by atoms with Gasteiger partial charge in [-0.3, -0.25) is 4.79 Å². The van der Waals surface area contributed by atoms with Gasteiger partial charge in [-0.1, -0.05) is 49.4 Å². The number of carbonyl (C=O) groups excluding carboxylic acids is 1. The van der Waals surface area contributed by atoms with Gasteiger partial charge in [0.2, 0.25) is 0 Å². The molecule has 32 heavy (non-hydrogen) atoms. The Morgan fingerprint density at radius 2 is 1.78 bits per heavy atom. The Morgan fingerprint density at radius 3 is 2.53 bits per heavy atom. The zero-order chi connectivity index (χ0) is 22.2. The first-order valence-electron chi connectivity index (χ1n) is 12.1. The van der Waals surface area contributed by atoms with Crippen LogP contribution in [0.25, 0.3) is 11.0 Å². The van der Waals surface area contributed by atoms with Crippen LogP contribution < -0.4 is 0 Å². The number of hydrogen-bond acceptors (Lipinski definition) is 2. The van der Waals surface area contributed by atoms with Gasteiger partial charge < -0.3 is 9.47 Å². The molecule has 0 atom stereocenters. The molecule has 1 amide bonds. The largest absolute Gasteiger partial charge is 0.328 e. The van der Waals surface area contributed by atoms with Crippen molar-refractivity contribution >= 4 is 28.5 Å². The Morgan fingerprint density at radius 1 is 1.06 bits per heavy atom. The van der Waals surface area contributed by atoms with E-state index >= 15 is 0 Å². The van der Waals surface area contributed by atoms with Crippen LogP contribution in [0.1, 0.15) is 84.7 Å². The van der Waals surface area contributed by atoms with Crippen molar-refractivity contribution in [3.8, 4) is 0 Å². The molecule has 3 aromatic rings. The fraction of sp³-hybridized carbons (Fsp3) is 0.481. The van der Waals surface area contributed by atoms with Gasteiger partial charge >= 0.3 is 0 Å². The highest BCUT2D eigenvalue weighted by molar-refractivity contribution is 6.31. The molecule has 0 N–H and O–H groups in total. The van der Waals surface area contributed by atoms with Crippen molar-refractivity contribution in [2.45, 2.75) is 83.8 Å². The Hall–Kier alpha value is -2.33. The number of rotatable bonds is 5. The third-order valence-corrected chi connectivity index (χ3v) is 7.82. The number of fused-ring (bicyclic) bond motifs is 1. The van der Waals surface area contributed by atoms with Crippen molar-refractivity contribution in [3.05, 3.63) is 63.9 Å². The predicted molar refractivity (Wildman–Crippen MR) is 130 cm³/mol. The summed E-state index contributed by atoms with van der Waals surface area (Å²) in [6.07, 6.45) is 9.36. The molecule has 2 aliphatic rings. The van der Waals surface area contributed by atoms with E-state index in [-0.39, 0.29) is 11.9 Å². The minimum absolute atomic E-state index is 0.140. The number of amides is 1. The zero-order valence-corrected chi connectivity index (χ0v) is 19.9. The van der Waals surface area contributed by atoms with E-state index in [0.717, 1.165) is 51.4 Å². The standard InChI is InChI=1S/C27H32ClN3O/c1-18-8-7-13-23(19(18)2)27(32)30(21-9-3-4-10-21)17-26-29-24-15-14-20(28)16-25(24)31(26)22-11-5-6-12-22/h7-8,13-16,21-22H,3-6,9-12,17H2,1-2H3. The molecule has 1 heterocycles. The van der Waals surface area contributed by atoms with E-state index in [1.54, 1.807) is 0 Å². The maximum Gasteiger partial charge on any atom is 0.254 e. The number of aryl methyl sites for hydroxylation is 1. The van der Waals surface area contributed by atoms with Crippen LogP contribution in [0, 0.1) is 13.8 Å². The van der Waals surface area contributed by atoms with E-state index in [2.05, 4.69) is 29.4 Å². The molecule has 0 radical (unpaired) electrons. The van der Waals surface area contributed by atoms with E-state index in [4.69, 9.17) is 16.6 Å². The summed E-state index contributed by atoms with van der Waals surface area (Å²) < 4.78 is 2.40. The minimum atomic E-state index is 0.140. The monoisotopic (exact) mass is 449 g/mol. The molecule has 0 saturated heterocycles. The number of aromatic nitrogens is 2. The van der Waals surface area contributed by atoms with Gasteiger partial charge in [-0.2, -0.15) is 0 Å². The molecule has 0 unspecified atom stereocenters. The molecule has 2 aliphatic carbocycles. The van der Waals surface area contributed by atoms with Gasteiger partial charge in [0.25, 0.3) is 5.91 Å². The summed E-state index contributed by atoms with van der Waals surface area (Å²) in [7, 11) is 0. The normalized spacial score (nSPS) is 17.5. The van der Waals surface area contributed by atoms with Crippen molar-refractivity contribution in [2.75, 3.05) is 0 Å². The van der Waals surface area contributed by atoms with E-state index < -0.39 is 0 Å². The zero-order valence-electron chi connectivity index (χ0n) is 19.1. The Balaban J connectivity index is 1.57. The third kappa shape index (κ3) is 3.94. The summed E-state index contributed by atoms with van der Waals surface area (Å²) in [5.74, 6) is 1.14. The molecular formula is C27H32ClN3O. The first-order valence-corrected chi connectivity index (χ1v) is 12.4. The first kappa shape index (κ1) is 21.5.